The zero-order valence-corrected chi connectivity index (χ0v) is 13.2. The van der Waals surface area contributed by atoms with Crippen molar-refractivity contribution in [3.05, 3.63) is 0 Å². The van der Waals surface area contributed by atoms with E-state index in [1.54, 1.807) is 41.5 Å². The maximum Gasteiger partial charge on any atom is 0.412 e. The molecule has 0 saturated carbocycles. The monoisotopic (exact) mass is 289 g/mol. The Morgan fingerprint density at radius 3 is 2.50 bits per heavy atom. The zero-order chi connectivity index (χ0) is 15.7. The first-order valence-corrected chi connectivity index (χ1v) is 6.95. The molecular formula is C14H27NO5. The molecule has 1 rings (SSSR count). The Kier molecular flexibility index (Phi) is 5.05. The summed E-state index contributed by atoms with van der Waals surface area (Å²) < 4.78 is 11.0. The Balaban J connectivity index is 2.93. The molecule has 0 aromatic rings. The van der Waals surface area contributed by atoms with Gasteiger partial charge in [-0.1, -0.05) is 6.92 Å². The minimum absolute atomic E-state index is 0.153. The van der Waals surface area contributed by atoms with E-state index in [4.69, 9.17) is 9.47 Å². The largest absolute Gasteiger partial charge is 0.444 e. The summed E-state index contributed by atoms with van der Waals surface area (Å²) in [5.41, 5.74) is -1.46. The first kappa shape index (κ1) is 17.2. The van der Waals surface area contributed by atoms with Crippen LogP contribution >= 0.6 is 0 Å². The van der Waals surface area contributed by atoms with Gasteiger partial charge in [0.15, 0.2) is 0 Å². The summed E-state index contributed by atoms with van der Waals surface area (Å²) >= 11 is 0. The molecule has 1 aliphatic rings. The Labute approximate surface area is 120 Å². The van der Waals surface area contributed by atoms with Crippen molar-refractivity contribution in [1.82, 2.24) is 4.90 Å². The van der Waals surface area contributed by atoms with Crippen LogP contribution in [0.5, 0.6) is 0 Å². The van der Waals surface area contributed by atoms with E-state index in [-0.39, 0.29) is 19.1 Å². The number of ether oxygens (including phenoxy) is 2. The van der Waals surface area contributed by atoms with Gasteiger partial charge in [-0.2, -0.15) is 0 Å². The summed E-state index contributed by atoms with van der Waals surface area (Å²) in [5, 5.41) is 19.4. The van der Waals surface area contributed by atoms with E-state index in [9.17, 15) is 15.0 Å². The van der Waals surface area contributed by atoms with Gasteiger partial charge < -0.3 is 19.7 Å². The van der Waals surface area contributed by atoms with Crippen LogP contribution in [-0.2, 0) is 9.47 Å². The van der Waals surface area contributed by atoms with E-state index in [0.29, 0.717) is 0 Å². The lowest BCUT2D eigenvalue weighted by molar-refractivity contribution is -0.0715. The molecule has 0 bridgehead atoms. The molecule has 3 atom stereocenters. The molecule has 6 nitrogen and oxygen atoms in total. The molecule has 0 unspecified atom stereocenters. The second-order valence-corrected chi connectivity index (χ2v) is 6.83. The van der Waals surface area contributed by atoms with Crippen LogP contribution < -0.4 is 0 Å². The SMILES string of the molecule is C[C@@H](CO)[C@@H](O)[C@H]1COC(C)(C)N1C(=O)OC(C)(C)C. The average molecular weight is 289 g/mol. The standard InChI is InChI=1S/C14H27NO5/c1-9(7-16)11(17)10-8-19-14(5,6)15(10)12(18)20-13(2,3)4/h9-11,16-17H,7-8H2,1-6H3/t9-,10+,11+/m0/s1. The summed E-state index contributed by atoms with van der Waals surface area (Å²) in [6, 6.07) is -0.526. The second kappa shape index (κ2) is 5.87. The van der Waals surface area contributed by atoms with Crippen LogP contribution in [0.2, 0.25) is 0 Å². The number of nitrogens with zero attached hydrogens (tertiary/aromatic N) is 1. The second-order valence-electron chi connectivity index (χ2n) is 6.83. The highest BCUT2D eigenvalue weighted by molar-refractivity contribution is 5.69. The van der Waals surface area contributed by atoms with Crippen molar-refractivity contribution < 1.29 is 24.5 Å². The van der Waals surface area contributed by atoms with Gasteiger partial charge in [0.05, 0.1) is 18.8 Å². The molecule has 0 spiro atoms. The van der Waals surface area contributed by atoms with Gasteiger partial charge in [-0.15, -0.1) is 0 Å². The van der Waals surface area contributed by atoms with Crippen molar-refractivity contribution in [2.24, 2.45) is 5.92 Å². The fraction of sp³-hybridized carbons (Fsp3) is 0.929. The molecule has 20 heavy (non-hydrogen) atoms. The van der Waals surface area contributed by atoms with E-state index in [1.807, 2.05) is 0 Å². The van der Waals surface area contributed by atoms with E-state index >= 15 is 0 Å². The Bertz CT molecular complexity index is 350. The van der Waals surface area contributed by atoms with Crippen LogP contribution in [0.1, 0.15) is 41.5 Å². The maximum atomic E-state index is 12.4. The molecule has 2 N–H and O–H groups in total. The van der Waals surface area contributed by atoms with Crippen molar-refractivity contribution in [1.29, 1.82) is 0 Å². The average Bonchev–Trinajstić information content (AvgIpc) is 2.60. The molecule has 1 saturated heterocycles. The van der Waals surface area contributed by atoms with E-state index in [0.717, 1.165) is 0 Å². The first-order chi connectivity index (χ1) is 8.99. The predicted molar refractivity (Wildman–Crippen MR) is 74.1 cm³/mol. The van der Waals surface area contributed by atoms with Gasteiger partial charge in [0.1, 0.15) is 11.3 Å². The van der Waals surface area contributed by atoms with Crippen LogP contribution in [0.4, 0.5) is 4.79 Å². The lowest BCUT2D eigenvalue weighted by Crippen LogP contribution is -2.54. The van der Waals surface area contributed by atoms with Gasteiger partial charge in [-0.3, -0.25) is 4.90 Å². The van der Waals surface area contributed by atoms with Crippen LogP contribution in [0.15, 0.2) is 0 Å². The van der Waals surface area contributed by atoms with Crippen molar-refractivity contribution >= 4 is 6.09 Å². The fourth-order valence-corrected chi connectivity index (χ4v) is 2.24. The summed E-state index contributed by atoms with van der Waals surface area (Å²) in [4.78, 5) is 13.8. The topological polar surface area (TPSA) is 79.2 Å². The number of carbonyl (C=O) groups is 1. The number of hydrogen-bond donors (Lipinski definition) is 2. The smallest absolute Gasteiger partial charge is 0.412 e. The molecule has 118 valence electrons. The summed E-state index contributed by atoms with van der Waals surface area (Å²) in [5.74, 6) is -0.345. The van der Waals surface area contributed by atoms with Crippen LogP contribution in [-0.4, -0.2) is 57.9 Å². The zero-order valence-electron chi connectivity index (χ0n) is 13.2. The van der Waals surface area contributed by atoms with Crippen LogP contribution in [0.3, 0.4) is 0 Å². The van der Waals surface area contributed by atoms with Gasteiger partial charge in [0, 0.05) is 12.5 Å². The normalized spacial score (nSPS) is 25.4. The number of aliphatic hydroxyl groups excluding tert-OH is 2. The molecule has 1 amide bonds. The summed E-state index contributed by atoms with van der Waals surface area (Å²) in [6.07, 6.45) is -1.39. The van der Waals surface area contributed by atoms with Crippen molar-refractivity contribution in [3.8, 4) is 0 Å². The number of carbonyl (C=O) groups excluding carboxylic acids is 1. The highest BCUT2D eigenvalue weighted by Gasteiger charge is 2.49. The van der Waals surface area contributed by atoms with Gasteiger partial charge in [-0.25, -0.2) is 4.79 Å². The Morgan fingerprint density at radius 2 is 2.05 bits per heavy atom. The quantitative estimate of drug-likeness (QED) is 0.820. The fourth-order valence-electron chi connectivity index (χ4n) is 2.24. The van der Waals surface area contributed by atoms with E-state index < -0.39 is 29.6 Å². The van der Waals surface area contributed by atoms with Gasteiger partial charge in [-0.05, 0) is 34.6 Å². The number of hydrogen-bond acceptors (Lipinski definition) is 5. The Hall–Kier alpha value is -0.850. The highest BCUT2D eigenvalue weighted by atomic mass is 16.6. The molecule has 0 aromatic heterocycles. The maximum absolute atomic E-state index is 12.4. The summed E-state index contributed by atoms with van der Waals surface area (Å²) in [6.45, 7) is 10.7. The van der Waals surface area contributed by atoms with E-state index in [2.05, 4.69) is 0 Å². The van der Waals surface area contributed by atoms with E-state index in [1.165, 1.54) is 4.90 Å². The molecule has 0 aliphatic carbocycles. The van der Waals surface area contributed by atoms with Crippen molar-refractivity contribution in [2.45, 2.75) is 65.0 Å². The minimum atomic E-state index is -0.866. The van der Waals surface area contributed by atoms with Gasteiger partial charge in [0.2, 0.25) is 0 Å². The summed E-state index contributed by atoms with van der Waals surface area (Å²) in [7, 11) is 0. The molecule has 1 aliphatic heterocycles. The third kappa shape index (κ3) is 3.84. The highest BCUT2D eigenvalue weighted by Crippen LogP contribution is 2.32. The third-order valence-electron chi connectivity index (χ3n) is 3.37. The number of aliphatic hydroxyl groups is 2. The van der Waals surface area contributed by atoms with Crippen LogP contribution in [0, 0.1) is 5.92 Å². The Morgan fingerprint density at radius 1 is 1.50 bits per heavy atom. The van der Waals surface area contributed by atoms with Gasteiger partial charge >= 0.3 is 6.09 Å². The van der Waals surface area contributed by atoms with Gasteiger partial charge in [0.25, 0.3) is 0 Å². The number of amides is 1. The molecule has 1 fully saturated rings. The molecule has 6 heteroatoms. The van der Waals surface area contributed by atoms with Crippen molar-refractivity contribution in [2.75, 3.05) is 13.2 Å². The first-order valence-electron chi connectivity index (χ1n) is 6.95. The molecule has 1 heterocycles. The lowest BCUT2D eigenvalue weighted by atomic mass is 9.98. The van der Waals surface area contributed by atoms with Crippen LogP contribution in [0.25, 0.3) is 0 Å². The lowest BCUT2D eigenvalue weighted by Gasteiger charge is -2.37. The predicted octanol–water partition coefficient (Wildman–Crippen LogP) is 1.35. The molecular weight excluding hydrogens is 262 g/mol. The van der Waals surface area contributed by atoms with Crippen molar-refractivity contribution in [3.63, 3.8) is 0 Å². The minimum Gasteiger partial charge on any atom is -0.444 e. The molecule has 0 aromatic carbocycles. The molecule has 0 radical (unpaired) electrons. The third-order valence-corrected chi connectivity index (χ3v) is 3.37. The number of rotatable bonds is 3.